The molecule has 0 saturated heterocycles. The molecule has 98 valence electrons. The van der Waals surface area contributed by atoms with Crippen molar-refractivity contribution in [2.75, 3.05) is 7.11 Å². The van der Waals surface area contributed by atoms with Crippen LogP contribution in [-0.2, 0) is 10.5 Å². The third kappa shape index (κ3) is 4.08. The predicted molar refractivity (Wildman–Crippen MR) is 79.3 cm³/mol. The number of rotatable bonds is 4. The Bertz CT molecular complexity index is 572. The molecule has 0 N–H and O–H groups in total. The fourth-order valence-corrected chi connectivity index (χ4v) is 2.88. The fourth-order valence-electron chi connectivity index (χ4n) is 1.46. The number of methoxy groups -OCH3 is 1. The number of benzene rings is 1. The minimum atomic E-state index is -0.362. The van der Waals surface area contributed by atoms with Gasteiger partial charge in [0.1, 0.15) is 0 Å². The molecule has 0 spiro atoms. The first-order valence-electron chi connectivity index (χ1n) is 5.60. The predicted octanol–water partition coefficient (Wildman–Crippen LogP) is 3.92. The van der Waals surface area contributed by atoms with Crippen molar-refractivity contribution < 1.29 is 9.53 Å². The summed E-state index contributed by atoms with van der Waals surface area (Å²) >= 11 is 5.14. The topological polar surface area (TPSA) is 39.2 Å². The Kier molecular flexibility index (Phi) is 4.99. The van der Waals surface area contributed by atoms with E-state index in [1.165, 1.54) is 12.0 Å². The van der Waals surface area contributed by atoms with Gasteiger partial charge in [-0.05, 0) is 30.3 Å². The van der Waals surface area contributed by atoms with Crippen LogP contribution in [0.25, 0.3) is 0 Å². The number of ether oxygens (including phenoxy) is 1. The van der Waals surface area contributed by atoms with Crippen LogP contribution in [0.5, 0.6) is 0 Å². The molecule has 0 saturated carbocycles. The molecule has 0 unspecified atom stereocenters. The van der Waals surface area contributed by atoms with Crippen LogP contribution in [-0.4, -0.2) is 18.1 Å². The fraction of sp³-hybridized carbons (Fsp3) is 0.143. The van der Waals surface area contributed by atoms with E-state index in [0.29, 0.717) is 5.56 Å². The first kappa shape index (κ1) is 14.1. The summed E-state index contributed by atoms with van der Waals surface area (Å²) in [5.74, 6) is 0.399. The van der Waals surface area contributed by atoms with E-state index in [0.717, 1.165) is 15.9 Å². The maximum atomic E-state index is 11.3. The second-order valence-electron chi connectivity index (χ2n) is 3.78. The second-order valence-corrected chi connectivity index (χ2v) is 5.74. The van der Waals surface area contributed by atoms with Gasteiger partial charge in [0.25, 0.3) is 0 Å². The number of aromatic nitrogens is 1. The molecule has 1 heterocycles. The van der Waals surface area contributed by atoms with Crippen LogP contribution in [0.15, 0.2) is 52.0 Å². The van der Waals surface area contributed by atoms with Crippen molar-refractivity contribution in [3.05, 3.63) is 58.3 Å². The van der Waals surface area contributed by atoms with Crippen LogP contribution in [0.4, 0.5) is 0 Å². The van der Waals surface area contributed by atoms with Crippen LogP contribution in [0, 0.1) is 0 Å². The van der Waals surface area contributed by atoms with Crippen LogP contribution in [0.1, 0.15) is 16.1 Å². The zero-order chi connectivity index (χ0) is 13.7. The first-order valence-corrected chi connectivity index (χ1v) is 7.38. The van der Waals surface area contributed by atoms with Gasteiger partial charge in [-0.2, -0.15) is 0 Å². The first-order chi connectivity index (χ1) is 9.19. The summed E-state index contributed by atoms with van der Waals surface area (Å²) in [6, 6.07) is 11.7. The van der Waals surface area contributed by atoms with E-state index >= 15 is 0 Å². The van der Waals surface area contributed by atoms with Gasteiger partial charge in [0.15, 0.2) is 0 Å². The van der Waals surface area contributed by atoms with E-state index in [-0.39, 0.29) is 5.97 Å². The molecular weight excluding hydrogens is 326 g/mol. The van der Waals surface area contributed by atoms with Gasteiger partial charge in [0.2, 0.25) is 0 Å². The van der Waals surface area contributed by atoms with E-state index < -0.39 is 0 Å². The molecule has 0 aliphatic carbocycles. The monoisotopic (exact) mass is 337 g/mol. The number of pyridine rings is 1. The summed E-state index contributed by atoms with van der Waals surface area (Å²) in [6.07, 6.45) is 1.54. The standard InChI is InChI=1S/C14H12BrNO2S/c1-18-14(17)10-5-6-12(16-8-10)9-19-13-4-2-3-11(15)7-13/h2-8H,9H2,1H3. The van der Waals surface area contributed by atoms with Crippen molar-refractivity contribution in [2.45, 2.75) is 10.6 Å². The highest BCUT2D eigenvalue weighted by molar-refractivity contribution is 9.10. The lowest BCUT2D eigenvalue weighted by molar-refractivity contribution is 0.0600. The number of esters is 1. The molecule has 2 aromatic rings. The number of hydrogen-bond donors (Lipinski definition) is 0. The van der Waals surface area contributed by atoms with Crippen LogP contribution in [0.3, 0.4) is 0 Å². The number of thioether (sulfide) groups is 1. The average Bonchev–Trinajstić information content (AvgIpc) is 2.45. The molecule has 0 amide bonds. The van der Waals surface area contributed by atoms with Crippen molar-refractivity contribution in [1.82, 2.24) is 4.98 Å². The third-order valence-electron chi connectivity index (χ3n) is 2.43. The molecule has 1 aromatic carbocycles. The quantitative estimate of drug-likeness (QED) is 0.626. The lowest BCUT2D eigenvalue weighted by atomic mass is 10.2. The van der Waals surface area contributed by atoms with Gasteiger partial charge in [-0.25, -0.2) is 4.79 Å². The van der Waals surface area contributed by atoms with Crippen LogP contribution in [0.2, 0.25) is 0 Å². The van der Waals surface area contributed by atoms with E-state index in [1.807, 2.05) is 18.2 Å². The maximum absolute atomic E-state index is 11.3. The SMILES string of the molecule is COC(=O)c1ccc(CSc2cccc(Br)c2)nc1. The second kappa shape index (κ2) is 6.73. The van der Waals surface area contributed by atoms with Gasteiger partial charge in [-0.1, -0.05) is 22.0 Å². The van der Waals surface area contributed by atoms with E-state index in [4.69, 9.17) is 0 Å². The third-order valence-corrected chi connectivity index (χ3v) is 3.95. The molecule has 1 aromatic heterocycles. The summed E-state index contributed by atoms with van der Waals surface area (Å²) in [7, 11) is 1.36. The molecule has 5 heteroatoms. The summed E-state index contributed by atoms with van der Waals surface area (Å²) in [6.45, 7) is 0. The van der Waals surface area contributed by atoms with Gasteiger partial charge < -0.3 is 4.74 Å². The zero-order valence-corrected chi connectivity index (χ0v) is 12.7. The van der Waals surface area contributed by atoms with Crippen LogP contribution < -0.4 is 0 Å². The Labute approximate surface area is 124 Å². The summed E-state index contributed by atoms with van der Waals surface area (Å²) in [5.41, 5.74) is 1.40. The summed E-state index contributed by atoms with van der Waals surface area (Å²) in [4.78, 5) is 16.7. The molecule has 19 heavy (non-hydrogen) atoms. The average molecular weight is 338 g/mol. The molecule has 0 bridgehead atoms. The Morgan fingerprint density at radius 1 is 1.37 bits per heavy atom. The zero-order valence-electron chi connectivity index (χ0n) is 10.3. The highest BCUT2D eigenvalue weighted by atomic mass is 79.9. The van der Waals surface area contributed by atoms with Gasteiger partial charge >= 0.3 is 5.97 Å². The lowest BCUT2D eigenvalue weighted by Crippen LogP contribution is -2.02. The lowest BCUT2D eigenvalue weighted by Gasteiger charge is -2.03. The number of carbonyl (C=O) groups is 1. The molecule has 3 nitrogen and oxygen atoms in total. The van der Waals surface area contributed by atoms with Crippen molar-refractivity contribution >= 4 is 33.7 Å². The number of hydrogen-bond acceptors (Lipinski definition) is 4. The van der Waals surface area contributed by atoms with E-state index in [9.17, 15) is 4.79 Å². The Morgan fingerprint density at radius 2 is 2.21 bits per heavy atom. The Hall–Kier alpha value is -1.33. The van der Waals surface area contributed by atoms with Crippen molar-refractivity contribution in [3.63, 3.8) is 0 Å². The molecule has 0 atom stereocenters. The smallest absolute Gasteiger partial charge is 0.339 e. The molecule has 0 fully saturated rings. The van der Waals surface area contributed by atoms with Gasteiger partial charge in [0.05, 0.1) is 18.4 Å². The molecule has 0 aliphatic heterocycles. The van der Waals surface area contributed by atoms with Crippen molar-refractivity contribution in [2.24, 2.45) is 0 Å². The molecule has 0 radical (unpaired) electrons. The van der Waals surface area contributed by atoms with Gasteiger partial charge in [-0.3, -0.25) is 4.98 Å². The maximum Gasteiger partial charge on any atom is 0.339 e. The van der Waals surface area contributed by atoms with Crippen molar-refractivity contribution in [1.29, 1.82) is 0 Å². The Balaban J connectivity index is 1.98. The molecule has 2 rings (SSSR count). The number of halogens is 1. The van der Waals surface area contributed by atoms with E-state index in [2.05, 4.69) is 37.8 Å². The summed E-state index contributed by atoms with van der Waals surface area (Å²) in [5, 5.41) is 0. The minimum Gasteiger partial charge on any atom is -0.465 e. The number of carbonyl (C=O) groups excluding carboxylic acids is 1. The van der Waals surface area contributed by atoms with E-state index in [1.54, 1.807) is 24.0 Å². The highest BCUT2D eigenvalue weighted by Crippen LogP contribution is 2.24. The highest BCUT2D eigenvalue weighted by Gasteiger charge is 2.05. The van der Waals surface area contributed by atoms with Crippen molar-refractivity contribution in [3.8, 4) is 0 Å². The minimum absolute atomic E-state index is 0.362. The van der Waals surface area contributed by atoms with Gasteiger partial charge in [-0.15, -0.1) is 11.8 Å². The largest absolute Gasteiger partial charge is 0.465 e. The van der Waals surface area contributed by atoms with Crippen LogP contribution >= 0.6 is 27.7 Å². The molecular formula is C14H12BrNO2S. The summed E-state index contributed by atoms with van der Waals surface area (Å²) < 4.78 is 5.69. The normalized spacial score (nSPS) is 10.2. The number of nitrogens with zero attached hydrogens (tertiary/aromatic N) is 1. The Morgan fingerprint density at radius 3 is 2.84 bits per heavy atom. The molecule has 0 aliphatic rings. The van der Waals surface area contributed by atoms with Gasteiger partial charge in [0, 0.05) is 21.3 Å².